The first-order valence-corrected chi connectivity index (χ1v) is 8.59. The van der Waals surface area contributed by atoms with Crippen LogP contribution in [0, 0.1) is 17.5 Å². The summed E-state index contributed by atoms with van der Waals surface area (Å²) in [6.45, 7) is 1.50. The molecule has 3 rings (SSSR count). The summed E-state index contributed by atoms with van der Waals surface area (Å²) in [4.78, 5) is 39.1. The van der Waals surface area contributed by atoms with Crippen molar-refractivity contribution in [2.24, 2.45) is 0 Å². The van der Waals surface area contributed by atoms with Crippen molar-refractivity contribution in [2.75, 3.05) is 11.9 Å². The van der Waals surface area contributed by atoms with Crippen LogP contribution in [-0.4, -0.2) is 33.3 Å². The van der Waals surface area contributed by atoms with Crippen LogP contribution in [-0.2, 0) is 4.74 Å². The molecule has 0 bridgehead atoms. The Balaban J connectivity index is 2.34. The number of anilines is 1. The number of aromatic carboxylic acids is 1. The van der Waals surface area contributed by atoms with Crippen LogP contribution < -0.4 is 10.7 Å². The van der Waals surface area contributed by atoms with E-state index in [1.54, 1.807) is 0 Å². The highest BCUT2D eigenvalue weighted by Crippen LogP contribution is 2.26. The van der Waals surface area contributed by atoms with Gasteiger partial charge in [-0.15, -0.1) is 0 Å². The van der Waals surface area contributed by atoms with Gasteiger partial charge in [-0.05, 0) is 19.1 Å². The number of ether oxygens (including phenoxy) is 1. The number of carbonyl (C=O) groups is 2. The lowest BCUT2D eigenvalue weighted by molar-refractivity contribution is 0.0695. The molecule has 1 amide bonds. The fraction of sp³-hybridized carbons (Fsp3) is 0.111. The quantitative estimate of drug-likeness (QED) is 0.597. The fourth-order valence-corrected chi connectivity index (χ4v) is 2.77. The Morgan fingerprint density at radius 2 is 1.90 bits per heavy atom. The number of aromatic nitrogens is 2. The van der Waals surface area contributed by atoms with Crippen LogP contribution in [0.2, 0.25) is 5.15 Å². The number of fused-ring (bicyclic) bond motifs is 1. The average Bonchev–Trinajstić information content (AvgIpc) is 2.66. The van der Waals surface area contributed by atoms with E-state index in [0.29, 0.717) is 12.1 Å². The summed E-state index contributed by atoms with van der Waals surface area (Å²) in [7, 11) is 0. The summed E-state index contributed by atoms with van der Waals surface area (Å²) in [6.07, 6.45) is -0.285. The molecule has 8 nitrogen and oxygen atoms in total. The molecule has 2 heterocycles. The minimum Gasteiger partial charge on any atom is -0.477 e. The van der Waals surface area contributed by atoms with Gasteiger partial charge < -0.3 is 9.84 Å². The van der Waals surface area contributed by atoms with Gasteiger partial charge in [-0.25, -0.2) is 27.7 Å². The molecule has 0 fully saturated rings. The Hall–Kier alpha value is -3.60. The first-order chi connectivity index (χ1) is 14.1. The van der Waals surface area contributed by atoms with E-state index in [-0.39, 0.29) is 12.3 Å². The van der Waals surface area contributed by atoms with Crippen molar-refractivity contribution in [2.45, 2.75) is 6.92 Å². The first-order valence-electron chi connectivity index (χ1n) is 8.22. The van der Waals surface area contributed by atoms with Crippen LogP contribution in [0.4, 0.5) is 23.7 Å². The van der Waals surface area contributed by atoms with Crippen molar-refractivity contribution in [1.29, 1.82) is 0 Å². The number of rotatable bonds is 4. The molecule has 30 heavy (non-hydrogen) atoms. The highest BCUT2D eigenvalue weighted by molar-refractivity contribution is 6.29. The van der Waals surface area contributed by atoms with Crippen LogP contribution in [0.1, 0.15) is 17.3 Å². The van der Waals surface area contributed by atoms with E-state index < -0.39 is 62.4 Å². The predicted octanol–water partition coefficient (Wildman–Crippen LogP) is 3.72. The first kappa shape index (κ1) is 21.1. The zero-order valence-electron chi connectivity index (χ0n) is 15.0. The number of nitrogens with one attached hydrogen (secondary N) is 1. The van der Waals surface area contributed by atoms with E-state index >= 15 is 0 Å². The van der Waals surface area contributed by atoms with Crippen LogP contribution in [0.15, 0.2) is 29.2 Å². The van der Waals surface area contributed by atoms with Gasteiger partial charge in [0.1, 0.15) is 17.2 Å². The molecular weight excluding hydrogens is 431 g/mol. The van der Waals surface area contributed by atoms with Crippen LogP contribution >= 0.6 is 11.6 Å². The van der Waals surface area contributed by atoms with Gasteiger partial charge in [0.2, 0.25) is 5.43 Å². The summed E-state index contributed by atoms with van der Waals surface area (Å²) >= 11 is 5.66. The number of hydrogen-bond acceptors (Lipinski definition) is 5. The lowest BCUT2D eigenvalue weighted by Crippen LogP contribution is -2.20. The standard InChI is InChI=1S/C18H11ClF3N3O5/c1-2-30-18(29)23-12-5-13(10(21)4-9(12)20)25-6-8(17(27)28)14(26)7-3-11(22)15(19)24-16(7)25/h3-6H,2H2,1H3,(H,23,29)(H,27,28). The topological polar surface area (TPSA) is 111 Å². The summed E-state index contributed by atoms with van der Waals surface area (Å²) in [5.74, 6) is -5.10. The minimum atomic E-state index is -1.67. The van der Waals surface area contributed by atoms with Crippen molar-refractivity contribution in [3.8, 4) is 5.69 Å². The minimum absolute atomic E-state index is 0.0121. The number of benzene rings is 1. The number of carboxylic acids is 1. The SMILES string of the molecule is CCOC(=O)Nc1cc(-n2cc(C(=O)O)c(=O)c3cc(F)c(Cl)nc32)c(F)cc1F. The van der Waals surface area contributed by atoms with Crippen LogP contribution in [0.5, 0.6) is 0 Å². The van der Waals surface area contributed by atoms with Gasteiger partial charge in [0.05, 0.1) is 23.4 Å². The Morgan fingerprint density at radius 1 is 1.20 bits per heavy atom. The summed E-state index contributed by atoms with van der Waals surface area (Å²) in [5, 5.41) is 10.2. The van der Waals surface area contributed by atoms with Crippen molar-refractivity contribution in [3.05, 3.63) is 62.8 Å². The zero-order chi connectivity index (χ0) is 22.2. The number of hydrogen-bond donors (Lipinski definition) is 2. The van der Waals surface area contributed by atoms with E-state index in [1.165, 1.54) is 6.92 Å². The normalized spacial score (nSPS) is 10.8. The molecule has 0 saturated carbocycles. The number of carbonyl (C=O) groups excluding carboxylic acids is 1. The molecule has 0 atom stereocenters. The Kier molecular flexibility index (Phi) is 5.65. The molecule has 12 heteroatoms. The molecule has 0 saturated heterocycles. The van der Waals surface area contributed by atoms with Crippen LogP contribution in [0.3, 0.4) is 0 Å². The molecule has 0 unspecified atom stereocenters. The monoisotopic (exact) mass is 441 g/mol. The maximum Gasteiger partial charge on any atom is 0.411 e. The molecule has 2 N–H and O–H groups in total. The van der Waals surface area contributed by atoms with E-state index in [1.807, 2.05) is 0 Å². The lowest BCUT2D eigenvalue weighted by Gasteiger charge is -2.15. The molecule has 2 aromatic heterocycles. The summed E-state index contributed by atoms with van der Waals surface area (Å²) in [5.41, 5.74) is -3.28. The third-order valence-corrected chi connectivity index (χ3v) is 4.19. The van der Waals surface area contributed by atoms with Crippen molar-refractivity contribution < 1.29 is 32.6 Å². The van der Waals surface area contributed by atoms with Crippen LogP contribution in [0.25, 0.3) is 16.7 Å². The van der Waals surface area contributed by atoms with E-state index in [9.17, 15) is 32.7 Å². The number of nitrogens with zero attached hydrogens (tertiary/aromatic N) is 2. The van der Waals surface area contributed by atoms with Gasteiger partial charge in [0.25, 0.3) is 0 Å². The maximum absolute atomic E-state index is 14.6. The molecule has 0 aliphatic rings. The predicted molar refractivity (Wildman–Crippen MR) is 99.8 cm³/mol. The molecule has 0 spiro atoms. The second-order valence-corrected chi connectivity index (χ2v) is 6.17. The number of halogens is 4. The van der Waals surface area contributed by atoms with Gasteiger partial charge in [0, 0.05) is 12.3 Å². The van der Waals surface area contributed by atoms with Gasteiger partial charge >= 0.3 is 12.1 Å². The molecule has 1 aromatic carbocycles. The lowest BCUT2D eigenvalue weighted by atomic mass is 10.1. The maximum atomic E-state index is 14.6. The van der Waals surface area contributed by atoms with E-state index in [2.05, 4.69) is 15.0 Å². The van der Waals surface area contributed by atoms with Crippen molar-refractivity contribution in [1.82, 2.24) is 9.55 Å². The Labute approximate surface area is 170 Å². The Morgan fingerprint density at radius 3 is 2.53 bits per heavy atom. The zero-order valence-corrected chi connectivity index (χ0v) is 15.8. The molecule has 0 aliphatic carbocycles. The van der Waals surface area contributed by atoms with Gasteiger partial charge in [-0.2, -0.15) is 0 Å². The largest absolute Gasteiger partial charge is 0.477 e. The van der Waals surface area contributed by atoms with Gasteiger partial charge in [-0.1, -0.05) is 11.6 Å². The Bertz CT molecular complexity index is 1260. The highest BCUT2D eigenvalue weighted by atomic mass is 35.5. The van der Waals surface area contributed by atoms with E-state index in [0.717, 1.165) is 16.8 Å². The fourth-order valence-electron chi connectivity index (χ4n) is 2.63. The van der Waals surface area contributed by atoms with Gasteiger partial charge in [-0.3, -0.25) is 14.7 Å². The van der Waals surface area contributed by atoms with Crippen molar-refractivity contribution in [3.63, 3.8) is 0 Å². The second kappa shape index (κ2) is 8.03. The number of carboxylic acid groups (broad SMARTS) is 1. The van der Waals surface area contributed by atoms with Crippen molar-refractivity contribution >= 4 is 40.4 Å². The number of pyridine rings is 2. The molecule has 0 aliphatic heterocycles. The third-order valence-electron chi connectivity index (χ3n) is 3.93. The van der Waals surface area contributed by atoms with E-state index in [4.69, 9.17) is 11.6 Å². The molecule has 3 aromatic rings. The third kappa shape index (κ3) is 3.79. The average molecular weight is 442 g/mol. The molecule has 156 valence electrons. The molecular formula is C18H11ClF3N3O5. The highest BCUT2D eigenvalue weighted by Gasteiger charge is 2.21. The molecule has 0 radical (unpaired) electrons. The number of amides is 1. The second-order valence-electron chi connectivity index (χ2n) is 5.81. The summed E-state index contributed by atoms with van der Waals surface area (Å²) in [6, 6.07) is 1.91. The smallest absolute Gasteiger partial charge is 0.411 e. The van der Waals surface area contributed by atoms with Gasteiger partial charge in [0.15, 0.2) is 16.6 Å². The summed E-state index contributed by atoms with van der Waals surface area (Å²) < 4.78 is 47.9.